The van der Waals surface area contributed by atoms with Crippen LogP contribution in [0.4, 0.5) is 0 Å². The molecular formula is C22H22N2O2. The molecule has 0 saturated carbocycles. The second-order valence-electron chi connectivity index (χ2n) is 6.42. The summed E-state index contributed by atoms with van der Waals surface area (Å²) >= 11 is 0. The zero-order chi connectivity index (χ0) is 17.8. The molecule has 1 aliphatic heterocycles. The highest BCUT2D eigenvalue weighted by molar-refractivity contribution is 5.93. The van der Waals surface area contributed by atoms with Crippen LogP contribution >= 0.6 is 0 Å². The fraction of sp³-hybridized carbons (Fsp3) is 0.227. The van der Waals surface area contributed by atoms with Crippen molar-refractivity contribution in [3.63, 3.8) is 0 Å². The molecule has 132 valence electrons. The number of rotatable bonds is 6. The molecule has 0 unspecified atom stereocenters. The molecule has 0 radical (unpaired) electrons. The van der Waals surface area contributed by atoms with Gasteiger partial charge in [0.15, 0.2) is 0 Å². The zero-order valence-electron chi connectivity index (χ0n) is 14.8. The van der Waals surface area contributed by atoms with E-state index in [0.717, 1.165) is 35.9 Å². The SMILES string of the molecule is COc1ccccc1Cn1cccc1C1=N[C@@H](Cc2ccccc2)CO1. The lowest BCUT2D eigenvalue weighted by Gasteiger charge is -2.12. The lowest BCUT2D eigenvalue weighted by Crippen LogP contribution is -2.11. The number of aromatic nitrogens is 1. The molecule has 0 N–H and O–H groups in total. The predicted octanol–water partition coefficient (Wildman–Crippen LogP) is 3.93. The first-order valence-corrected chi connectivity index (χ1v) is 8.85. The Labute approximate surface area is 153 Å². The van der Waals surface area contributed by atoms with Crippen LogP contribution in [0.5, 0.6) is 5.75 Å². The molecule has 26 heavy (non-hydrogen) atoms. The molecule has 4 nitrogen and oxygen atoms in total. The largest absolute Gasteiger partial charge is 0.496 e. The van der Waals surface area contributed by atoms with E-state index in [-0.39, 0.29) is 6.04 Å². The maximum atomic E-state index is 5.92. The number of hydrogen-bond donors (Lipinski definition) is 0. The molecule has 2 heterocycles. The average molecular weight is 346 g/mol. The number of ether oxygens (including phenoxy) is 2. The summed E-state index contributed by atoms with van der Waals surface area (Å²) in [6.07, 6.45) is 2.95. The Kier molecular flexibility index (Phi) is 4.73. The van der Waals surface area contributed by atoms with E-state index < -0.39 is 0 Å². The van der Waals surface area contributed by atoms with Crippen LogP contribution in [0.3, 0.4) is 0 Å². The van der Waals surface area contributed by atoms with E-state index in [1.807, 2.05) is 30.3 Å². The van der Waals surface area contributed by atoms with Crippen molar-refractivity contribution in [2.75, 3.05) is 13.7 Å². The monoisotopic (exact) mass is 346 g/mol. The van der Waals surface area contributed by atoms with Gasteiger partial charge in [-0.05, 0) is 30.2 Å². The smallest absolute Gasteiger partial charge is 0.233 e. The maximum Gasteiger partial charge on any atom is 0.233 e. The maximum absolute atomic E-state index is 5.92. The molecule has 3 aromatic rings. The molecule has 0 fully saturated rings. The molecule has 0 bridgehead atoms. The van der Waals surface area contributed by atoms with Gasteiger partial charge in [-0.1, -0.05) is 48.5 Å². The first kappa shape index (κ1) is 16.5. The van der Waals surface area contributed by atoms with E-state index in [1.54, 1.807) is 7.11 Å². The van der Waals surface area contributed by atoms with Crippen molar-refractivity contribution in [1.29, 1.82) is 0 Å². The van der Waals surface area contributed by atoms with Crippen molar-refractivity contribution in [1.82, 2.24) is 4.57 Å². The number of para-hydroxylation sites is 1. The summed E-state index contributed by atoms with van der Waals surface area (Å²) in [6, 6.07) is 22.8. The van der Waals surface area contributed by atoms with E-state index >= 15 is 0 Å². The second-order valence-corrected chi connectivity index (χ2v) is 6.42. The lowest BCUT2D eigenvalue weighted by atomic mass is 10.1. The molecule has 1 aromatic heterocycles. The average Bonchev–Trinajstić information content (AvgIpc) is 3.32. The molecule has 1 aliphatic rings. The van der Waals surface area contributed by atoms with Gasteiger partial charge in [-0.2, -0.15) is 0 Å². The van der Waals surface area contributed by atoms with Crippen LogP contribution in [0, 0.1) is 0 Å². The normalized spacial score (nSPS) is 16.2. The molecule has 4 rings (SSSR count). The molecule has 0 amide bonds. The fourth-order valence-electron chi connectivity index (χ4n) is 3.31. The van der Waals surface area contributed by atoms with Crippen molar-refractivity contribution in [3.8, 4) is 5.75 Å². The number of hydrogen-bond acceptors (Lipinski definition) is 3. The number of benzene rings is 2. The molecule has 2 aromatic carbocycles. The quantitative estimate of drug-likeness (QED) is 0.678. The van der Waals surface area contributed by atoms with E-state index in [2.05, 4.69) is 47.2 Å². The van der Waals surface area contributed by atoms with Gasteiger partial charge in [0.25, 0.3) is 0 Å². The number of aliphatic imine (C=N–C) groups is 1. The Morgan fingerprint density at radius 2 is 1.85 bits per heavy atom. The Bertz CT molecular complexity index is 899. The van der Waals surface area contributed by atoms with E-state index in [0.29, 0.717) is 6.61 Å². The molecule has 4 heteroatoms. The van der Waals surface area contributed by atoms with Crippen molar-refractivity contribution in [2.24, 2.45) is 4.99 Å². The Hall–Kier alpha value is -3.01. The summed E-state index contributed by atoms with van der Waals surface area (Å²) in [5.74, 6) is 1.62. The molecule has 0 saturated heterocycles. The van der Waals surface area contributed by atoms with E-state index in [4.69, 9.17) is 14.5 Å². The Balaban J connectivity index is 1.52. The van der Waals surface area contributed by atoms with Gasteiger partial charge in [0.2, 0.25) is 5.90 Å². The van der Waals surface area contributed by atoms with E-state index in [9.17, 15) is 0 Å². The van der Waals surface area contributed by atoms with Gasteiger partial charge in [-0.25, -0.2) is 4.99 Å². The van der Waals surface area contributed by atoms with Crippen LogP contribution in [0.1, 0.15) is 16.8 Å². The van der Waals surface area contributed by atoms with Crippen molar-refractivity contribution in [3.05, 3.63) is 89.7 Å². The van der Waals surface area contributed by atoms with Gasteiger partial charge < -0.3 is 14.0 Å². The second kappa shape index (κ2) is 7.48. The summed E-state index contributed by atoms with van der Waals surface area (Å²) in [5.41, 5.74) is 3.42. The molecule has 1 atom stereocenters. The van der Waals surface area contributed by atoms with Gasteiger partial charge in [0, 0.05) is 11.8 Å². The van der Waals surface area contributed by atoms with Crippen LogP contribution in [0.15, 0.2) is 77.9 Å². The minimum Gasteiger partial charge on any atom is -0.496 e. The van der Waals surface area contributed by atoms with Gasteiger partial charge in [0.1, 0.15) is 18.1 Å². The molecular weight excluding hydrogens is 324 g/mol. The first-order valence-electron chi connectivity index (χ1n) is 8.85. The topological polar surface area (TPSA) is 35.8 Å². The summed E-state index contributed by atoms with van der Waals surface area (Å²) in [5, 5.41) is 0. The number of nitrogens with zero attached hydrogens (tertiary/aromatic N) is 2. The highest BCUT2D eigenvalue weighted by atomic mass is 16.5. The Morgan fingerprint density at radius 1 is 1.04 bits per heavy atom. The van der Waals surface area contributed by atoms with Crippen LogP contribution in [0.2, 0.25) is 0 Å². The third kappa shape index (κ3) is 3.49. The fourth-order valence-corrected chi connectivity index (χ4v) is 3.31. The van der Waals surface area contributed by atoms with Gasteiger partial charge >= 0.3 is 0 Å². The van der Waals surface area contributed by atoms with Crippen molar-refractivity contribution >= 4 is 5.90 Å². The van der Waals surface area contributed by atoms with Crippen LogP contribution in [-0.2, 0) is 17.7 Å². The zero-order valence-corrected chi connectivity index (χ0v) is 14.8. The third-order valence-corrected chi connectivity index (χ3v) is 4.61. The summed E-state index contributed by atoms with van der Waals surface area (Å²) < 4.78 is 13.5. The van der Waals surface area contributed by atoms with Crippen molar-refractivity contribution < 1.29 is 9.47 Å². The molecule has 0 spiro atoms. The van der Waals surface area contributed by atoms with Crippen LogP contribution < -0.4 is 4.74 Å². The minimum atomic E-state index is 0.169. The van der Waals surface area contributed by atoms with Crippen molar-refractivity contribution in [2.45, 2.75) is 19.0 Å². The highest BCUT2D eigenvalue weighted by Gasteiger charge is 2.22. The Morgan fingerprint density at radius 3 is 2.69 bits per heavy atom. The van der Waals surface area contributed by atoms with Gasteiger partial charge in [-0.15, -0.1) is 0 Å². The third-order valence-electron chi connectivity index (χ3n) is 4.61. The summed E-state index contributed by atoms with van der Waals surface area (Å²) in [7, 11) is 1.70. The minimum absolute atomic E-state index is 0.169. The standard InChI is InChI=1S/C22H22N2O2/c1-25-21-12-6-5-10-18(21)15-24-13-7-11-20(24)22-23-19(16-26-22)14-17-8-3-2-4-9-17/h2-13,19H,14-16H2,1H3/t19-/m0/s1. The predicted molar refractivity (Wildman–Crippen MR) is 103 cm³/mol. The van der Waals surface area contributed by atoms with Crippen LogP contribution in [0.25, 0.3) is 0 Å². The highest BCUT2D eigenvalue weighted by Crippen LogP contribution is 2.21. The van der Waals surface area contributed by atoms with E-state index in [1.165, 1.54) is 5.56 Å². The van der Waals surface area contributed by atoms with Gasteiger partial charge in [-0.3, -0.25) is 0 Å². The first-order chi connectivity index (χ1) is 12.8. The summed E-state index contributed by atoms with van der Waals surface area (Å²) in [4.78, 5) is 4.81. The van der Waals surface area contributed by atoms with Gasteiger partial charge in [0.05, 0.1) is 19.7 Å². The number of methoxy groups -OCH3 is 1. The summed E-state index contributed by atoms with van der Waals surface area (Å²) in [6.45, 7) is 1.35. The molecule has 0 aliphatic carbocycles. The lowest BCUT2D eigenvalue weighted by molar-refractivity contribution is 0.315. The van der Waals surface area contributed by atoms with Crippen LogP contribution in [-0.4, -0.2) is 30.2 Å².